The second-order valence-electron chi connectivity index (χ2n) is 4.23. The SMILES string of the molecule is CCCCNCCOc1cccc2c1OCCO2.Cl. The minimum atomic E-state index is 0. The number of para-hydroxylation sites is 1. The van der Waals surface area contributed by atoms with Crippen LogP contribution in [0.3, 0.4) is 0 Å². The molecule has 0 unspecified atom stereocenters. The number of hydrogen-bond donors (Lipinski definition) is 1. The van der Waals surface area contributed by atoms with Gasteiger partial charge in [-0.2, -0.15) is 0 Å². The maximum Gasteiger partial charge on any atom is 0.203 e. The van der Waals surface area contributed by atoms with Crippen LogP contribution in [0.25, 0.3) is 0 Å². The zero-order valence-electron chi connectivity index (χ0n) is 11.3. The van der Waals surface area contributed by atoms with E-state index in [0.717, 1.165) is 30.3 Å². The molecule has 0 atom stereocenters. The van der Waals surface area contributed by atoms with E-state index in [1.807, 2.05) is 18.2 Å². The molecule has 1 aromatic rings. The van der Waals surface area contributed by atoms with Crippen molar-refractivity contribution in [2.75, 3.05) is 32.9 Å². The fraction of sp³-hybridized carbons (Fsp3) is 0.571. The van der Waals surface area contributed by atoms with Gasteiger partial charge in [-0.05, 0) is 25.1 Å². The number of fused-ring (bicyclic) bond motifs is 1. The largest absolute Gasteiger partial charge is 0.488 e. The predicted octanol–water partition coefficient (Wildman–Crippen LogP) is 2.65. The molecule has 19 heavy (non-hydrogen) atoms. The van der Waals surface area contributed by atoms with Crippen molar-refractivity contribution in [1.82, 2.24) is 5.32 Å². The molecule has 0 amide bonds. The Balaban J connectivity index is 0.00000180. The van der Waals surface area contributed by atoms with Crippen LogP contribution in [0.4, 0.5) is 0 Å². The third kappa shape index (κ3) is 4.80. The van der Waals surface area contributed by atoms with Gasteiger partial charge in [0.2, 0.25) is 5.75 Å². The minimum absolute atomic E-state index is 0. The van der Waals surface area contributed by atoms with Gasteiger partial charge in [0.1, 0.15) is 19.8 Å². The summed E-state index contributed by atoms with van der Waals surface area (Å²) < 4.78 is 16.8. The molecule has 4 nitrogen and oxygen atoms in total. The van der Waals surface area contributed by atoms with Gasteiger partial charge in [-0.1, -0.05) is 19.4 Å². The molecular weight excluding hydrogens is 266 g/mol. The quantitative estimate of drug-likeness (QED) is 0.783. The van der Waals surface area contributed by atoms with Crippen LogP contribution in [0.15, 0.2) is 18.2 Å². The summed E-state index contributed by atoms with van der Waals surface area (Å²) in [6, 6.07) is 5.74. The Hall–Kier alpha value is -1.13. The van der Waals surface area contributed by atoms with Crippen molar-refractivity contribution < 1.29 is 14.2 Å². The van der Waals surface area contributed by atoms with Crippen molar-refractivity contribution in [3.05, 3.63) is 18.2 Å². The number of rotatable bonds is 7. The van der Waals surface area contributed by atoms with Gasteiger partial charge >= 0.3 is 0 Å². The molecule has 1 N–H and O–H groups in total. The van der Waals surface area contributed by atoms with Gasteiger partial charge in [-0.15, -0.1) is 12.4 Å². The smallest absolute Gasteiger partial charge is 0.203 e. The lowest BCUT2D eigenvalue weighted by atomic mass is 10.3. The molecular formula is C14H22ClNO3. The first-order chi connectivity index (χ1) is 8.92. The second kappa shape index (κ2) is 8.88. The number of unbranched alkanes of at least 4 members (excludes halogenated alkanes) is 1. The van der Waals surface area contributed by atoms with E-state index in [4.69, 9.17) is 14.2 Å². The van der Waals surface area contributed by atoms with Crippen molar-refractivity contribution in [3.8, 4) is 17.2 Å². The fourth-order valence-corrected chi connectivity index (χ4v) is 1.82. The van der Waals surface area contributed by atoms with Crippen LogP contribution < -0.4 is 19.5 Å². The van der Waals surface area contributed by atoms with Gasteiger partial charge in [0.25, 0.3) is 0 Å². The summed E-state index contributed by atoms with van der Waals surface area (Å²) in [6.07, 6.45) is 2.42. The highest BCUT2D eigenvalue weighted by Crippen LogP contribution is 2.38. The molecule has 0 aromatic heterocycles. The summed E-state index contributed by atoms with van der Waals surface area (Å²) in [6.45, 7) is 5.92. The molecule has 108 valence electrons. The Labute approximate surface area is 120 Å². The summed E-state index contributed by atoms with van der Waals surface area (Å²) in [5.74, 6) is 2.28. The molecule has 2 rings (SSSR count). The van der Waals surface area contributed by atoms with Crippen molar-refractivity contribution in [2.24, 2.45) is 0 Å². The van der Waals surface area contributed by atoms with Crippen LogP contribution in [-0.2, 0) is 0 Å². The maximum atomic E-state index is 5.72. The Kier molecular flexibility index (Phi) is 7.45. The van der Waals surface area contributed by atoms with E-state index in [1.165, 1.54) is 12.8 Å². The summed E-state index contributed by atoms with van der Waals surface area (Å²) in [7, 11) is 0. The average molecular weight is 288 g/mol. The fourth-order valence-electron chi connectivity index (χ4n) is 1.82. The van der Waals surface area contributed by atoms with E-state index in [9.17, 15) is 0 Å². The van der Waals surface area contributed by atoms with E-state index in [1.54, 1.807) is 0 Å². The van der Waals surface area contributed by atoms with Gasteiger partial charge in [-0.3, -0.25) is 0 Å². The number of hydrogen-bond acceptors (Lipinski definition) is 4. The standard InChI is InChI=1S/C14H21NO3.ClH/c1-2-3-7-15-8-9-16-12-5-4-6-13-14(12)18-11-10-17-13;/h4-6,15H,2-3,7-11H2,1H3;1H. The topological polar surface area (TPSA) is 39.7 Å². The van der Waals surface area contributed by atoms with Crippen LogP contribution in [0, 0.1) is 0 Å². The Morgan fingerprint density at radius 3 is 2.89 bits per heavy atom. The molecule has 5 heteroatoms. The highest BCUT2D eigenvalue weighted by atomic mass is 35.5. The van der Waals surface area contributed by atoms with Gasteiger partial charge in [-0.25, -0.2) is 0 Å². The molecule has 0 saturated carbocycles. The first kappa shape index (κ1) is 15.9. The lowest BCUT2D eigenvalue weighted by Gasteiger charge is -2.20. The van der Waals surface area contributed by atoms with Crippen LogP contribution >= 0.6 is 12.4 Å². The summed E-state index contributed by atoms with van der Waals surface area (Å²) in [5, 5.41) is 3.34. The Morgan fingerprint density at radius 1 is 1.21 bits per heavy atom. The zero-order chi connectivity index (χ0) is 12.6. The number of nitrogens with one attached hydrogen (secondary N) is 1. The number of ether oxygens (including phenoxy) is 3. The monoisotopic (exact) mass is 287 g/mol. The molecule has 0 aliphatic carbocycles. The lowest BCUT2D eigenvalue weighted by molar-refractivity contribution is 0.162. The molecule has 0 saturated heterocycles. The van der Waals surface area contributed by atoms with E-state index < -0.39 is 0 Å². The van der Waals surface area contributed by atoms with E-state index in [-0.39, 0.29) is 12.4 Å². The number of benzene rings is 1. The second-order valence-corrected chi connectivity index (χ2v) is 4.23. The summed E-state index contributed by atoms with van der Waals surface area (Å²) in [4.78, 5) is 0. The van der Waals surface area contributed by atoms with Crippen LogP contribution in [-0.4, -0.2) is 32.9 Å². The third-order valence-corrected chi connectivity index (χ3v) is 2.77. The third-order valence-electron chi connectivity index (χ3n) is 2.77. The van der Waals surface area contributed by atoms with Crippen LogP contribution in [0.1, 0.15) is 19.8 Å². The normalized spacial score (nSPS) is 12.7. The minimum Gasteiger partial charge on any atom is -0.488 e. The van der Waals surface area contributed by atoms with E-state index >= 15 is 0 Å². The molecule has 1 aliphatic rings. The van der Waals surface area contributed by atoms with Gasteiger partial charge in [0.05, 0.1) is 0 Å². The van der Waals surface area contributed by atoms with Crippen molar-refractivity contribution in [1.29, 1.82) is 0 Å². The zero-order valence-corrected chi connectivity index (χ0v) is 12.1. The highest BCUT2D eigenvalue weighted by Gasteiger charge is 2.16. The number of halogens is 1. The summed E-state index contributed by atoms with van der Waals surface area (Å²) in [5.41, 5.74) is 0. The van der Waals surface area contributed by atoms with Crippen molar-refractivity contribution >= 4 is 12.4 Å². The average Bonchev–Trinajstić information content (AvgIpc) is 2.43. The first-order valence-corrected chi connectivity index (χ1v) is 6.64. The van der Waals surface area contributed by atoms with Crippen molar-refractivity contribution in [3.63, 3.8) is 0 Å². The molecule has 0 radical (unpaired) electrons. The van der Waals surface area contributed by atoms with Gasteiger partial charge in [0.15, 0.2) is 11.5 Å². The molecule has 1 aromatic carbocycles. The molecule has 1 heterocycles. The molecule has 0 spiro atoms. The Morgan fingerprint density at radius 2 is 2.05 bits per heavy atom. The maximum absolute atomic E-state index is 5.72. The van der Waals surface area contributed by atoms with E-state index in [2.05, 4.69) is 12.2 Å². The van der Waals surface area contributed by atoms with Crippen LogP contribution in [0.2, 0.25) is 0 Å². The first-order valence-electron chi connectivity index (χ1n) is 6.64. The van der Waals surface area contributed by atoms with Gasteiger partial charge in [0, 0.05) is 6.54 Å². The molecule has 0 bridgehead atoms. The Bertz CT molecular complexity index is 374. The predicted molar refractivity (Wildman–Crippen MR) is 78.0 cm³/mol. The molecule has 1 aliphatic heterocycles. The highest BCUT2D eigenvalue weighted by molar-refractivity contribution is 5.85. The van der Waals surface area contributed by atoms with Crippen molar-refractivity contribution in [2.45, 2.75) is 19.8 Å². The molecule has 0 fully saturated rings. The lowest BCUT2D eigenvalue weighted by Crippen LogP contribution is -2.22. The van der Waals surface area contributed by atoms with Crippen LogP contribution in [0.5, 0.6) is 17.2 Å². The van der Waals surface area contributed by atoms with Gasteiger partial charge < -0.3 is 19.5 Å². The van der Waals surface area contributed by atoms with E-state index in [0.29, 0.717) is 19.8 Å². The summed E-state index contributed by atoms with van der Waals surface area (Å²) >= 11 is 0.